The Morgan fingerprint density at radius 3 is 2.16 bits per heavy atom. The van der Waals surface area contributed by atoms with Gasteiger partial charge in [-0.25, -0.2) is 4.39 Å². The van der Waals surface area contributed by atoms with Crippen molar-refractivity contribution in [2.45, 2.75) is 25.1 Å². The first-order valence-electron chi connectivity index (χ1n) is 5.52. The first-order valence-corrected chi connectivity index (χ1v) is 5.52. The van der Waals surface area contributed by atoms with Crippen molar-refractivity contribution in [1.82, 2.24) is 0 Å². The van der Waals surface area contributed by atoms with E-state index in [2.05, 4.69) is 0 Å². The van der Waals surface area contributed by atoms with Gasteiger partial charge in [-0.15, -0.1) is 0 Å². The molecule has 0 saturated heterocycles. The van der Waals surface area contributed by atoms with E-state index in [0.29, 0.717) is 0 Å². The molecular weight excluding hydrogens is 266 g/mol. The molecular formula is C12H15F4NO2. The average molecular weight is 281 g/mol. The zero-order valence-corrected chi connectivity index (χ0v) is 10.6. The minimum absolute atomic E-state index is 0.0260. The summed E-state index contributed by atoms with van der Waals surface area (Å²) in [5.41, 5.74) is 5.56. The maximum Gasteiger partial charge on any atom is 0.389 e. The summed E-state index contributed by atoms with van der Waals surface area (Å²) in [6, 6.07) is 1.25. The van der Waals surface area contributed by atoms with Gasteiger partial charge >= 0.3 is 6.18 Å². The summed E-state index contributed by atoms with van der Waals surface area (Å²) in [5.74, 6) is -0.333. The van der Waals surface area contributed by atoms with E-state index in [9.17, 15) is 17.6 Å². The fraction of sp³-hybridized carbons (Fsp3) is 0.500. The van der Waals surface area contributed by atoms with Crippen LogP contribution in [0, 0.1) is 5.82 Å². The van der Waals surface area contributed by atoms with Gasteiger partial charge < -0.3 is 15.2 Å². The molecule has 0 spiro atoms. The maximum atomic E-state index is 13.7. The first kappa shape index (κ1) is 15.6. The Hall–Kier alpha value is -1.50. The summed E-state index contributed by atoms with van der Waals surface area (Å²) in [6.07, 6.45) is -5.78. The lowest BCUT2D eigenvalue weighted by molar-refractivity contribution is -0.136. The van der Waals surface area contributed by atoms with Crippen LogP contribution in [0.5, 0.6) is 11.5 Å². The monoisotopic (exact) mass is 281 g/mol. The lowest BCUT2D eigenvalue weighted by atomic mass is 10.0. The van der Waals surface area contributed by atoms with Crippen LogP contribution in [-0.2, 0) is 0 Å². The van der Waals surface area contributed by atoms with Crippen LogP contribution in [0.15, 0.2) is 12.1 Å². The number of rotatable bonds is 5. The molecule has 0 aliphatic rings. The topological polar surface area (TPSA) is 44.5 Å². The van der Waals surface area contributed by atoms with E-state index in [-0.39, 0.29) is 17.1 Å². The van der Waals surface area contributed by atoms with Crippen LogP contribution in [0.25, 0.3) is 0 Å². The standard InChI is InChI=1S/C12H15F4NO2/c1-18-10-5-7(8(13)6-11(10)19-2)9(17)3-4-12(14,15)16/h5-6,9H,3-4,17H2,1-2H3/t9-/m0/s1. The van der Waals surface area contributed by atoms with Crippen molar-refractivity contribution >= 4 is 0 Å². The molecule has 19 heavy (non-hydrogen) atoms. The van der Waals surface area contributed by atoms with E-state index in [4.69, 9.17) is 15.2 Å². The van der Waals surface area contributed by atoms with E-state index in [1.165, 1.54) is 20.3 Å². The SMILES string of the molecule is COc1cc(F)c([C@@H](N)CCC(F)(F)F)cc1OC. The van der Waals surface area contributed by atoms with Crippen molar-refractivity contribution < 1.29 is 27.0 Å². The molecule has 0 aliphatic carbocycles. The number of hydrogen-bond donors (Lipinski definition) is 1. The Kier molecular flexibility index (Phi) is 4.99. The van der Waals surface area contributed by atoms with Gasteiger partial charge in [-0.1, -0.05) is 0 Å². The fourth-order valence-electron chi connectivity index (χ4n) is 1.63. The Balaban J connectivity index is 2.93. The Morgan fingerprint density at radius 2 is 1.68 bits per heavy atom. The highest BCUT2D eigenvalue weighted by Gasteiger charge is 2.28. The van der Waals surface area contributed by atoms with E-state index in [1.54, 1.807) is 0 Å². The Morgan fingerprint density at radius 1 is 1.16 bits per heavy atom. The van der Waals surface area contributed by atoms with Crippen LogP contribution in [-0.4, -0.2) is 20.4 Å². The predicted octanol–water partition coefficient (Wildman–Crippen LogP) is 3.19. The van der Waals surface area contributed by atoms with Gasteiger partial charge in [0.2, 0.25) is 0 Å². The summed E-state index contributed by atoms with van der Waals surface area (Å²) in [7, 11) is 2.68. The van der Waals surface area contributed by atoms with Crippen molar-refractivity contribution in [3.63, 3.8) is 0 Å². The highest BCUT2D eigenvalue weighted by atomic mass is 19.4. The molecule has 0 unspecified atom stereocenters. The van der Waals surface area contributed by atoms with Crippen LogP contribution in [0.4, 0.5) is 17.6 Å². The van der Waals surface area contributed by atoms with Gasteiger partial charge in [-0.05, 0) is 12.5 Å². The number of ether oxygens (including phenoxy) is 2. The van der Waals surface area contributed by atoms with Crippen molar-refractivity contribution in [3.05, 3.63) is 23.5 Å². The van der Waals surface area contributed by atoms with Crippen LogP contribution in [0.1, 0.15) is 24.4 Å². The third kappa shape index (κ3) is 4.27. The lowest BCUT2D eigenvalue weighted by Crippen LogP contribution is -2.17. The number of hydrogen-bond acceptors (Lipinski definition) is 3. The van der Waals surface area contributed by atoms with E-state index in [0.717, 1.165) is 6.07 Å². The van der Waals surface area contributed by atoms with E-state index in [1.807, 2.05) is 0 Å². The van der Waals surface area contributed by atoms with Crippen LogP contribution < -0.4 is 15.2 Å². The Bertz CT molecular complexity index is 434. The second-order valence-electron chi connectivity index (χ2n) is 3.99. The molecule has 1 aromatic rings. The fourth-order valence-corrected chi connectivity index (χ4v) is 1.63. The smallest absolute Gasteiger partial charge is 0.389 e. The molecule has 1 aromatic carbocycles. The van der Waals surface area contributed by atoms with E-state index < -0.39 is 30.9 Å². The molecule has 0 fully saturated rings. The van der Waals surface area contributed by atoms with E-state index >= 15 is 0 Å². The quantitative estimate of drug-likeness (QED) is 0.843. The third-order valence-electron chi connectivity index (χ3n) is 2.64. The molecule has 0 aromatic heterocycles. The normalized spacial score (nSPS) is 13.2. The van der Waals surface area contributed by atoms with Crippen LogP contribution in [0.2, 0.25) is 0 Å². The third-order valence-corrected chi connectivity index (χ3v) is 2.64. The van der Waals surface area contributed by atoms with Gasteiger partial charge in [-0.2, -0.15) is 13.2 Å². The molecule has 0 bridgehead atoms. The van der Waals surface area contributed by atoms with Gasteiger partial charge in [0, 0.05) is 24.1 Å². The zero-order valence-electron chi connectivity index (χ0n) is 10.6. The van der Waals surface area contributed by atoms with Crippen molar-refractivity contribution in [2.75, 3.05) is 14.2 Å². The number of nitrogens with two attached hydrogens (primary N) is 1. The second kappa shape index (κ2) is 6.10. The number of benzene rings is 1. The summed E-state index contributed by atoms with van der Waals surface area (Å²) >= 11 is 0. The largest absolute Gasteiger partial charge is 0.493 e. The molecule has 0 aliphatic heterocycles. The van der Waals surface area contributed by atoms with Gasteiger partial charge in [0.1, 0.15) is 5.82 Å². The lowest BCUT2D eigenvalue weighted by Gasteiger charge is -2.16. The van der Waals surface area contributed by atoms with Gasteiger partial charge in [0.25, 0.3) is 0 Å². The van der Waals surface area contributed by atoms with Crippen LogP contribution in [0.3, 0.4) is 0 Å². The summed E-state index contributed by atoms with van der Waals surface area (Å²) in [6.45, 7) is 0. The van der Waals surface area contributed by atoms with Crippen molar-refractivity contribution in [2.24, 2.45) is 5.73 Å². The molecule has 7 heteroatoms. The molecule has 0 saturated carbocycles. The predicted molar refractivity (Wildman–Crippen MR) is 61.7 cm³/mol. The molecule has 0 heterocycles. The molecule has 0 radical (unpaired) electrons. The van der Waals surface area contributed by atoms with Crippen molar-refractivity contribution in [3.8, 4) is 11.5 Å². The second-order valence-corrected chi connectivity index (χ2v) is 3.99. The summed E-state index contributed by atoms with van der Waals surface area (Å²) in [5, 5.41) is 0. The molecule has 0 amide bonds. The maximum absolute atomic E-state index is 13.7. The highest BCUT2D eigenvalue weighted by Crippen LogP contribution is 2.34. The minimum Gasteiger partial charge on any atom is -0.493 e. The molecule has 1 atom stereocenters. The molecule has 2 N–H and O–H groups in total. The highest BCUT2D eigenvalue weighted by molar-refractivity contribution is 5.44. The first-order chi connectivity index (χ1) is 8.78. The van der Waals surface area contributed by atoms with Gasteiger partial charge in [0.15, 0.2) is 11.5 Å². The van der Waals surface area contributed by atoms with Gasteiger partial charge in [-0.3, -0.25) is 0 Å². The van der Waals surface area contributed by atoms with Crippen molar-refractivity contribution in [1.29, 1.82) is 0 Å². The number of alkyl halides is 3. The van der Waals surface area contributed by atoms with Crippen LogP contribution >= 0.6 is 0 Å². The average Bonchev–Trinajstić information content (AvgIpc) is 2.34. The molecule has 1 rings (SSSR count). The van der Waals surface area contributed by atoms with Gasteiger partial charge in [0.05, 0.1) is 14.2 Å². The Labute approximate surface area is 108 Å². The summed E-state index contributed by atoms with van der Waals surface area (Å²) < 4.78 is 59.9. The summed E-state index contributed by atoms with van der Waals surface area (Å²) in [4.78, 5) is 0. The molecule has 3 nitrogen and oxygen atoms in total. The molecule has 108 valence electrons. The zero-order chi connectivity index (χ0) is 14.6. The number of methoxy groups -OCH3 is 2. The minimum atomic E-state index is -4.31. The number of halogens is 4.